The fraction of sp³-hybridized carbons (Fsp3) is 0.818. The summed E-state index contributed by atoms with van der Waals surface area (Å²) >= 11 is 0. The second-order valence-corrected chi connectivity index (χ2v) is 4.30. The normalized spacial score (nSPS) is 29.9. The van der Waals surface area contributed by atoms with Crippen LogP contribution in [0.15, 0.2) is 12.2 Å². The van der Waals surface area contributed by atoms with Gasteiger partial charge in [-0.15, -0.1) is 0 Å². The standard InChI is InChI=1S/C11H21N3/c12-5-1-2-6-13-8-9-14-7-3-4-11(14)10-13/h1-2,11H,3-10,12H2. The van der Waals surface area contributed by atoms with E-state index in [-0.39, 0.29) is 0 Å². The third kappa shape index (κ3) is 2.35. The number of piperazine rings is 1. The molecule has 80 valence electrons. The Morgan fingerprint density at radius 2 is 2.14 bits per heavy atom. The number of nitrogens with zero attached hydrogens (tertiary/aromatic N) is 2. The van der Waals surface area contributed by atoms with Crippen LogP contribution in [0.3, 0.4) is 0 Å². The molecule has 0 amide bonds. The summed E-state index contributed by atoms with van der Waals surface area (Å²) in [6.07, 6.45) is 7.06. The smallest absolute Gasteiger partial charge is 0.0224 e. The molecule has 2 fully saturated rings. The Kier molecular flexibility index (Phi) is 3.56. The van der Waals surface area contributed by atoms with E-state index in [9.17, 15) is 0 Å². The number of rotatable bonds is 3. The first kappa shape index (κ1) is 10.1. The minimum atomic E-state index is 0.670. The Morgan fingerprint density at radius 3 is 3.00 bits per heavy atom. The highest BCUT2D eigenvalue weighted by Gasteiger charge is 2.29. The minimum Gasteiger partial charge on any atom is -0.327 e. The quantitative estimate of drug-likeness (QED) is 0.657. The Bertz CT molecular complexity index is 203. The Labute approximate surface area is 86.5 Å². The van der Waals surface area contributed by atoms with Crippen molar-refractivity contribution in [3.63, 3.8) is 0 Å². The summed E-state index contributed by atoms with van der Waals surface area (Å²) in [5.41, 5.74) is 5.42. The molecular weight excluding hydrogens is 174 g/mol. The minimum absolute atomic E-state index is 0.670. The molecule has 2 N–H and O–H groups in total. The van der Waals surface area contributed by atoms with Gasteiger partial charge in [-0.05, 0) is 19.4 Å². The van der Waals surface area contributed by atoms with E-state index in [1.165, 1.54) is 39.0 Å². The maximum absolute atomic E-state index is 5.42. The van der Waals surface area contributed by atoms with Gasteiger partial charge in [0.05, 0.1) is 0 Å². The molecule has 2 aliphatic rings. The largest absolute Gasteiger partial charge is 0.327 e. The molecule has 2 rings (SSSR count). The molecular formula is C11H21N3. The molecule has 0 saturated carbocycles. The Hall–Kier alpha value is -0.380. The summed E-state index contributed by atoms with van der Waals surface area (Å²) in [4.78, 5) is 5.18. The third-order valence-electron chi connectivity index (χ3n) is 3.34. The molecule has 0 radical (unpaired) electrons. The maximum Gasteiger partial charge on any atom is 0.0224 e. The highest BCUT2D eigenvalue weighted by molar-refractivity contribution is 4.91. The lowest BCUT2D eigenvalue weighted by Gasteiger charge is -2.36. The Morgan fingerprint density at radius 1 is 1.21 bits per heavy atom. The first-order valence-corrected chi connectivity index (χ1v) is 5.71. The highest BCUT2D eigenvalue weighted by atomic mass is 15.3. The van der Waals surface area contributed by atoms with E-state index < -0.39 is 0 Å². The van der Waals surface area contributed by atoms with Crippen LogP contribution in [0.2, 0.25) is 0 Å². The molecule has 1 atom stereocenters. The van der Waals surface area contributed by atoms with Gasteiger partial charge in [-0.3, -0.25) is 9.80 Å². The van der Waals surface area contributed by atoms with Crippen molar-refractivity contribution in [2.75, 3.05) is 39.3 Å². The number of hydrogen-bond acceptors (Lipinski definition) is 3. The van der Waals surface area contributed by atoms with E-state index in [0.717, 1.165) is 12.6 Å². The molecule has 0 aromatic carbocycles. The van der Waals surface area contributed by atoms with Crippen LogP contribution in [0.25, 0.3) is 0 Å². The molecule has 14 heavy (non-hydrogen) atoms. The third-order valence-corrected chi connectivity index (χ3v) is 3.34. The predicted octanol–water partition coefficient (Wildman–Crippen LogP) is 0.281. The van der Waals surface area contributed by atoms with E-state index in [2.05, 4.69) is 22.0 Å². The molecule has 1 unspecified atom stereocenters. The van der Waals surface area contributed by atoms with Crippen LogP contribution >= 0.6 is 0 Å². The highest BCUT2D eigenvalue weighted by Crippen LogP contribution is 2.21. The van der Waals surface area contributed by atoms with Gasteiger partial charge in [0.2, 0.25) is 0 Å². The summed E-state index contributed by atoms with van der Waals surface area (Å²) in [6.45, 7) is 6.84. The van der Waals surface area contributed by atoms with Gasteiger partial charge in [-0.2, -0.15) is 0 Å². The second kappa shape index (κ2) is 4.91. The zero-order valence-corrected chi connectivity index (χ0v) is 8.86. The molecule has 0 bridgehead atoms. The van der Waals surface area contributed by atoms with Gasteiger partial charge >= 0.3 is 0 Å². The summed E-state index contributed by atoms with van der Waals surface area (Å²) < 4.78 is 0. The molecule has 3 nitrogen and oxygen atoms in total. The molecule has 0 aromatic rings. The summed E-state index contributed by atoms with van der Waals surface area (Å²) in [5, 5.41) is 0. The average Bonchev–Trinajstić information content (AvgIpc) is 2.65. The van der Waals surface area contributed by atoms with Gasteiger partial charge < -0.3 is 5.73 Å². The topological polar surface area (TPSA) is 32.5 Å². The van der Waals surface area contributed by atoms with Gasteiger partial charge in [0, 0.05) is 38.8 Å². The predicted molar refractivity (Wildman–Crippen MR) is 59.2 cm³/mol. The lowest BCUT2D eigenvalue weighted by Crippen LogP contribution is -2.49. The van der Waals surface area contributed by atoms with Crippen LogP contribution in [0.5, 0.6) is 0 Å². The van der Waals surface area contributed by atoms with Gasteiger partial charge in [0.25, 0.3) is 0 Å². The molecule has 0 aromatic heterocycles. The van der Waals surface area contributed by atoms with E-state index in [1.54, 1.807) is 0 Å². The van der Waals surface area contributed by atoms with Crippen molar-refractivity contribution in [2.24, 2.45) is 5.73 Å². The van der Waals surface area contributed by atoms with Gasteiger partial charge in [0.1, 0.15) is 0 Å². The van der Waals surface area contributed by atoms with Gasteiger partial charge in [-0.25, -0.2) is 0 Å². The van der Waals surface area contributed by atoms with Crippen molar-refractivity contribution in [1.29, 1.82) is 0 Å². The molecule has 0 spiro atoms. The zero-order chi connectivity index (χ0) is 9.80. The van der Waals surface area contributed by atoms with Crippen molar-refractivity contribution in [1.82, 2.24) is 9.80 Å². The SMILES string of the molecule is NCC=CCN1CCN2CCCC2C1. The van der Waals surface area contributed by atoms with E-state index >= 15 is 0 Å². The number of fused-ring (bicyclic) bond motifs is 1. The van der Waals surface area contributed by atoms with Crippen LogP contribution < -0.4 is 5.73 Å². The van der Waals surface area contributed by atoms with Crippen molar-refractivity contribution in [3.8, 4) is 0 Å². The summed E-state index contributed by atoms with van der Waals surface area (Å²) in [6, 6.07) is 0.843. The molecule has 2 heterocycles. The van der Waals surface area contributed by atoms with Crippen LogP contribution in [0.1, 0.15) is 12.8 Å². The average molecular weight is 195 g/mol. The van der Waals surface area contributed by atoms with Crippen LogP contribution in [-0.2, 0) is 0 Å². The van der Waals surface area contributed by atoms with E-state index in [0.29, 0.717) is 6.54 Å². The van der Waals surface area contributed by atoms with Crippen LogP contribution in [0, 0.1) is 0 Å². The fourth-order valence-corrected chi connectivity index (χ4v) is 2.54. The first-order chi connectivity index (χ1) is 6.90. The maximum atomic E-state index is 5.42. The number of nitrogens with two attached hydrogens (primary N) is 1. The molecule has 2 aliphatic heterocycles. The molecule has 0 aliphatic carbocycles. The van der Waals surface area contributed by atoms with Crippen LogP contribution in [0.4, 0.5) is 0 Å². The summed E-state index contributed by atoms with van der Waals surface area (Å²) in [5.74, 6) is 0. The number of hydrogen-bond donors (Lipinski definition) is 1. The monoisotopic (exact) mass is 195 g/mol. The first-order valence-electron chi connectivity index (χ1n) is 5.71. The van der Waals surface area contributed by atoms with Crippen molar-refractivity contribution in [2.45, 2.75) is 18.9 Å². The molecule has 3 heteroatoms. The van der Waals surface area contributed by atoms with Crippen molar-refractivity contribution < 1.29 is 0 Å². The zero-order valence-electron chi connectivity index (χ0n) is 8.86. The van der Waals surface area contributed by atoms with E-state index in [1.807, 2.05) is 0 Å². The lowest BCUT2D eigenvalue weighted by molar-refractivity contribution is 0.114. The van der Waals surface area contributed by atoms with Crippen molar-refractivity contribution in [3.05, 3.63) is 12.2 Å². The molecule has 2 saturated heterocycles. The van der Waals surface area contributed by atoms with Crippen LogP contribution in [-0.4, -0.2) is 55.1 Å². The summed E-state index contributed by atoms with van der Waals surface area (Å²) in [7, 11) is 0. The van der Waals surface area contributed by atoms with Crippen molar-refractivity contribution >= 4 is 0 Å². The Balaban J connectivity index is 1.77. The van der Waals surface area contributed by atoms with Gasteiger partial charge in [-0.1, -0.05) is 12.2 Å². The lowest BCUT2D eigenvalue weighted by atomic mass is 10.1. The second-order valence-electron chi connectivity index (χ2n) is 4.30. The van der Waals surface area contributed by atoms with Gasteiger partial charge in [0.15, 0.2) is 0 Å². The van der Waals surface area contributed by atoms with E-state index in [4.69, 9.17) is 5.73 Å². The fourth-order valence-electron chi connectivity index (χ4n) is 2.54.